The fourth-order valence-corrected chi connectivity index (χ4v) is 1.90. The summed E-state index contributed by atoms with van der Waals surface area (Å²) in [5, 5.41) is 5.19. The van der Waals surface area contributed by atoms with Crippen LogP contribution in [-0.4, -0.2) is 30.0 Å². The van der Waals surface area contributed by atoms with Crippen LogP contribution in [0.2, 0.25) is 0 Å². The van der Waals surface area contributed by atoms with E-state index < -0.39 is 17.5 Å². The minimum atomic E-state index is -1.75. The van der Waals surface area contributed by atoms with Gasteiger partial charge in [-0.15, -0.1) is 0 Å². The first-order valence-corrected chi connectivity index (χ1v) is 6.46. The number of hydrogen-bond acceptors (Lipinski definition) is 5. The SMILES string of the molecule is CCOC(=O)[C@]1(C)Oc2cc(NC(C)=O)ccc2NC1=O. The Balaban J connectivity index is 2.33. The molecule has 0 spiro atoms. The number of esters is 1. The number of ether oxygens (including phenoxy) is 2. The van der Waals surface area contributed by atoms with E-state index in [1.807, 2.05) is 0 Å². The van der Waals surface area contributed by atoms with Gasteiger partial charge < -0.3 is 20.1 Å². The Kier molecular flexibility index (Phi) is 3.84. The minimum absolute atomic E-state index is 0.143. The van der Waals surface area contributed by atoms with E-state index in [0.717, 1.165) is 0 Å². The third-order valence-corrected chi connectivity index (χ3v) is 2.96. The zero-order chi connectivity index (χ0) is 15.6. The molecule has 1 heterocycles. The van der Waals surface area contributed by atoms with Crippen molar-refractivity contribution >= 4 is 29.2 Å². The molecule has 1 aromatic carbocycles. The highest BCUT2D eigenvalue weighted by atomic mass is 16.6. The van der Waals surface area contributed by atoms with Crippen molar-refractivity contribution in [2.45, 2.75) is 26.4 Å². The number of carbonyl (C=O) groups excluding carboxylic acids is 3. The Morgan fingerprint density at radius 2 is 2.14 bits per heavy atom. The standard InChI is InChI=1S/C14H16N2O5/c1-4-20-13(19)14(3)12(18)16-10-6-5-9(15-8(2)17)7-11(10)21-14/h5-7H,4H2,1-3H3,(H,15,17)(H,16,18)/t14-/m1/s1. The number of fused-ring (bicyclic) bond motifs is 1. The van der Waals surface area contributed by atoms with Crippen LogP contribution in [0, 0.1) is 0 Å². The van der Waals surface area contributed by atoms with E-state index >= 15 is 0 Å². The van der Waals surface area contributed by atoms with E-state index in [4.69, 9.17) is 9.47 Å². The molecule has 0 aromatic heterocycles. The molecule has 21 heavy (non-hydrogen) atoms. The first-order valence-electron chi connectivity index (χ1n) is 6.46. The molecule has 2 amide bonds. The molecule has 0 radical (unpaired) electrons. The van der Waals surface area contributed by atoms with Gasteiger partial charge in [0.25, 0.3) is 11.5 Å². The largest absolute Gasteiger partial charge is 0.464 e. The smallest absolute Gasteiger partial charge is 0.360 e. The van der Waals surface area contributed by atoms with Crippen molar-refractivity contribution in [2.75, 3.05) is 17.2 Å². The third kappa shape index (κ3) is 2.81. The van der Waals surface area contributed by atoms with Crippen LogP contribution in [0.15, 0.2) is 18.2 Å². The Hall–Kier alpha value is -2.57. The summed E-state index contributed by atoms with van der Waals surface area (Å²) in [6.45, 7) is 4.51. The molecule has 112 valence electrons. The van der Waals surface area contributed by atoms with Crippen molar-refractivity contribution in [3.8, 4) is 5.75 Å². The van der Waals surface area contributed by atoms with Crippen LogP contribution in [-0.2, 0) is 19.1 Å². The van der Waals surface area contributed by atoms with Crippen LogP contribution in [0.5, 0.6) is 5.75 Å². The van der Waals surface area contributed by atoms with Gasteiger partial charge in [0.1, 0.15) is 5.75 Å². The Morgan fingerprint density at radius 1 is 1.43 bits per heavy atom. The lowest BCUT2D eigenvalue weighted by Crippen LogP contribution is -2.55. The van der Waals surface area contributed by atoms with Crippen LogP contribution in [0.25, 0.3) is 0 Å². The molecule has 0 fully saturated rings. The van der Waals surface area contributed by atoms with Gasteiger partial charge in [0.15, 0.2) is 0 Å². The lowest BCUT2D eigenvalue weighted by Gasteiger charge is -2.32. The number of carbonyl (C=O) groups is 3. The highest BCUT2D eigenvalue weighted by Crippen LogP contribution is 2.36. The van der Waals surface area contributed by atoms with E-state index in [2.05, 4.69) is 10.6 Å². The van der Waals surface area contributed by atoms with Gasteiger partial charge in [-0.3, -0.25) is 9.59 Å². The maximum atomic E-state index is 12.1. The first kappa shape index (κ1) is 14.8. The van der Waals surface area contributed by atoms with Gasteiger partial charge in [-0.1, -0.05) is 0 Å². The van der Waals surface area contributed by atoms with Gasteiger partial charge in [0.2, 0.25) is 5.91 Å². The maximum Gasteiger partial charge on any atom is 0.360 e. The predicted octanol–water partition coefficient (Wildman–Crippen LogP) is 1.30. The van der Waals surface area contributed by atoms with Crippen molar-refractivity contribution in [2.24, 2.45) is 0 Å². The minimum Gasteiger partial charge on any atom is -0.464 e. The van der Waals surface area contributed by atoms with E-state index in [1.165, 1.54) is 19.9 Å². The molecule has 2 N–H and O–H groups in total. The number of benzene rings is 1. The maximum absolute atomic E-state index is 12.1. The summed E-state index contributed by atoms with van der Waals surface area (Å²) >= 11 is 0. The van der Waals surface area contributed by atoms with Gasteiger partial charge in [-0.05, 0) is 26.0 Å². The molecular weight excluding hydrogens is 276 g/mol. The fourth-order valence-electron chi connectivity index (χ4n) is 1.90. The highest BCUT2D eigenvalue weighted by molar-refractivity contribution is 6.14. The summed E-state index contributed by atoms with van der Waals surface area (Å²) in [7, 11) is 0. The molecule has 1 aliphatic rings. The molecule has 7 nitrogen and oxygen atoms in total. The summed E-state index contributed by atoms with van der Waals surface area (Å²) in [6.07, 6.45) is 0. The van der Waals surface area contributed by atoms with Gasteiger partial charge in [-0.25, -0.2) is 4.79 Å². The van der Waals surface area contributed by atoms with E-state index in [-0.39, 0.29) is 18.3 Å². The lowest BCUT2D eigenvalue weighted by atomic mass is 10.0. The predicted molar refractivity (Wildman–Crippen MR) is 75.0 cm³/mol. The number of rotatable bonds is 3. The summed E-state index contributed by atoms with van der Waals surface area (Å²) in [4.78, 5) is 35.0. The topological polar surface area (TPSA) is 93.7 Å². The Labute approximate surface area is 121 Å². The monoisotopic (exact) mass is 292 g/mol. The Bertz CT molecular complexity index is 613. The second-order valence-electron chi connectivity index (χ2n) is 4.70. The average Bonchev–Trinajstić information content (AvgIpc) is 2.40. The van der Waals surface area contributed by atoms with Crippen molar-refractivity contribution in [3.63, 3.8) is 0 Å². The first-order chi connectivity index (χ1) is 9.86. The second kappa shape index (κ2) is 5.43. The molecule has 0 saturated carbocycles. The number of nitrogens with one attached hydrogen (secondary N) is 2. The summed E-state index contributed by atoms with van der Waals surface area (Å²) in [5.41, 5.74) is -0.822. The summed E-state index contributed by atoms with van der Waals surface area (Å²) in [5.74, 6) is -1.31. The average molecular weight is 292 g/mol. The lowest BCUT2D eigenvalue weighted by molar-refractivity contribution is -0.165. The van der Waals surface area contributed by atoms with Gasteiger partial charge in [-0.2, -0.15) is 0 Å². The summed E-state index contributed by atoms with van der Waals surface area (Å²) < 4.78 is 10.4. The summed E-state index contributed by atoms with van der Waals surface area (Å²) in [6, 6.07) is 4.74. The zero-order valence-corrected chi connectivity index (χ0v) is 12.0. The number of hydrogen-bond donors (Lipinski definition) is 2. The number of anilines is 2. The van der Waals surface area contributed by atoms with Crippen LogP contribution >= 0.6 is 0 Å². The van der Waals surface area contributed by atoms with Crippen LogP contribution in [0.3, 0.4) is 0 Å². The molecule has 1 aliphatic heterocycles. The molecule has 1 atom stereocenters. The van der Waals surface area contributed by atoms with Crippen LogP contribution in [0.1, 0.15) is 20.8 Å². The molecule has 7 heteroatoms. The van der Waals surface area contributed by atoms with Crippen molar-refractivity contribution in [1.29, 1.82) is 0 Å². The third-order valence-electron chi connectivity index (χ3n) is 2.96. The van der Waals surface area contributed by atoms with Crippen molar-refractivity contribution in [1.82, 2.24) is 0 Å². The fraction of sp³-hybridized carbons (Fsp3) is 0.357. The molecule has 2 rings (SSSR count). The van der Waals surface area contributed by atoms with Crippen molar-refractivity contribution < 1.29 is 23.9 Å². The van der Waals surface area contributed by atoms with Gasteiger partial charge in [0, 0.05) is 18.7 Å². The van der Waals surface area contributed by atoms with Gasteiger partial charge >= 0.3 is 5.97 Å². The quantitative estimate of drug-likeness (QED) is 0.647. The van der Waals surface area contributed by atoms with E-state index in [1.54, 1.807) is 19.1 Å². The molecule has 0 aliphatic carbocycles. The molecule has 0 unspecified atom stereocenters. The normalized spacial score (nSPS) is 19.9. The molecule has 0 saturated heterocycles. The molecular formula is C14H16N2O5. The molecule has 1 aromatic rings. The van der Waals surface area contributed by atoms with Crippen molar-refractivity contribution in [3.05, 3.63) is 18.2 Å². The molecule has 0 bridgehead atoms. The zero-order valence-electron chi connectivity index (χ0n) is 12.0. The van der Waals surface area contributed by atoms with Crippen LogP contribution < -0.4 is 15.4 Å². The van der Waals surface area contributed by atoms with E-state index in [0.29, 0.717) is 11.4 Å². The highest BCUT2D eigenvalue weighted by Gasteiger charge is 2.48. The second-order valence-corrected chi connectivity index (χ2v) is 4.70. The Morgan fingerprint density at radius 3 is 2.76 bits per heavy atom. The number of amides is 2. The van der Waals surface area contributed by atoms with Crippen LogP contribution in [0.4, 0.5) is 11.4 Å². The van der Waals surface area contributed by atoms with Gasteiger partial charge in [0.05, 0.1) is 12.3 Å². The van der Waals surface area contributed by atoms with E-state index in [9.17, 15) is 14.4 Å².